The Labute approximate surface area is 171 Å². The number of amides is 1. The lowest BCUT2D eigenvalue weighted by Crippen LogP contribution is -2.21. The van der Waals surface area contributed by atoms with Crippen molar-refractivity contribution in [3.05, 3.63) is 70.4 Å². The molecule has 0 atom stereocenters. The van der Waals surface area contributed by atoms with Crippen LogP contribution in [0.1, 0.15) is 26.3 Å². The topological polar surface area (TPSA) is 94.6 Å². The number of methoxy groups -OCH3 is 1. The van der Waals surface area contributed by atoms with E-state index in [1.165, 1.54) is 13.2 Å². The van der Waals surface area contributed by atoms with Crippen molar-refractivity contribution in [3.8, 4) is 0 Å². The molecule has 8 heteroatoms. The number of halogens is 1. The molecule has 7 nitrogen and oxygen atoms in total. The van der Waals surface area contributed by atoms with Gasteiger partial charge < -0.3 is 14.8 Å². The summed E-state index contributed by atoms with van der Waals surface area (Å²) in [4.78, 5) is 40.2. The van der Waals surface area contributed by atoms with Gasteiger partial charge in [0.05, 0.1) is 23.8 Å². The number of hydrogen-bond donors (Lipinski definition) is 1. The molecule has 0 radical (unpaired) electrons. The van der Waals surface area contributed by atoms with Crippen LogP contribution in [0.25, 0.3) is 10.9 Å². The van der Waals surface area contributed by atoms with Gasteiger partial charge in [-0.3, -0.25) is 4.79 Å². The van der Waals surface area contributed by atoms with Crippen LogP contribution in [0.15, 0.2) is 48.5 Å². The number of rotatable bonds is 5. The first-order valence-electron chi connectivity index (χ1n) is 8.59. The summed E-state index contributed by atoms with van der Waals surface area (Å²) < 4.78 is 9.75. The minimum Gasteiger partial charge on any atom is -0.465 e. The number of carbonyl (C=O) groups is 3. The van der Waals surface area contributed by atoms with E-state index in [1.807, 2.05) is 0 Å². The van der Waals surface area contributed by atoms with Crippen molar-refractivity contribution < 1.29 is 23.9 Å². The zero-order chi connectivity index (χ0) is 21.0. The van der Waals surface area contributed by atoms with Gasteiger partial charge in [0.25, 0.3) is 5.91 Å². The third kappa shape index (κ3) is 4.89. The molecule has 0 unspecified atom stereocenters. The normalized spacial score (nSPS) is 10.4. The smallest absolute Gasteiger partial charge is 0.338 e. The van der Waals surface area contributed by atoms with Crippen LogP contribution in [0.3, 0.4) is 0 Å². The van der Waals surface area contributed by atoms with E-state index in [2.05, 4.69) is 15.0 Å². The van der Waals surface area contributed by atoms with Crippen molar-refractivity contribution in [2.24, 2.45) is 0 Å². The Hall–Kier alpha value is -3.45. The Morgan fingerprint density at radius 1 is 1.00 bits per heavy atom. The molecule has 0 spiro atoms. The molecule has 1 amide bonds. The monoisotopic (exact) mass is 412 g/mol. The fourth-order valence-electron chi connectivity index (χ4n) is 2.63. The summed E-state index contributed by atoms with van der Waals surface area (Å²) in [6.07, 6.45) is 0. The van der Waals surface area contributed by atoms with Crippen LogP contribution >= 0.6 is 11.6 Å². The predicted molar refractivity (Wildman–Crippen MR) is 108 cm³/mol. The van der Waals surface area contributed by atoms with Crippen LogP contribution in [0, 0.1) is 6.92 Å². The number of ether oxygens (including phenoxy) is 2. The maximum atomic E-state index is 12.3. The molecule has 1 aromatic heterocycles. The van der Waals surface area contributed by atoms with E-state index in [1.54, 1.807) is 49.4 Å². The summed E-state index contributed by atoms with van der Waals surface area (Å²) in [7, 11) is 1.28. The number of pyridine rings is 1. The average Bonchev–Trinajstić information content (AvgIpc) is 2.72. The number of esters is 2. The molecule has 148 valence electrons. The average molecular weight is 413 g/mol. The summed E-state index contributed by atoms with van der Waals surface area (Å²) in [5, 5.41) is 3.71. The van der Waals surface area contributed by atoms with E-state index in [0.29, 0.717) is 27.5 Å². The van der Waals surface area contributed by atoms with Gasteiger partial charge in [0, 0.05) is 11.1 Å². The molecule has 29 heavy (non-hydrogen) atoms. The van der Waals surface area contributed by atoms with Crippen molar-refractivity contribution in [1.82, 2.24) is 4.98 Å². The van der Waals surface area contributed by atoms with E-state index in [9.17, 15) is 14.4 Å². The lowest BCUT2D eigenvalue weighted by atomic mass is 10.1. The first-order valence-corrected chi connectivity index (χ1v) is 8.97. The maximum Gasteiger partial charge on any atom is 0.338 e. The van der Waals surface area contributed by atoms with Gasteiger partial charge in [0.15, 0.2) is 6.61 Å². The second-order valence-electron chi connectivity index (χ2n) is 6.19. The third-order valence-electron chi connectivity index (χ3n) is 4.16. The number of benzene rings is 2. The molecular formula is C21H17ClN2O5. The minimum atomic E-state index is -0.642. The van der Waals surface area contributed by atoms with Crippen LogP contribution in [-0.4, -0.2) is 36.5 Å². The van der Waals surface area contributed by atoms with Crippen LogP contribution in [-0.2, 0) is 14.3 Å². The second-order valence-corrected chi connectivity index (χ2v) is 6.57. The molecule has 1 heterocycles. The van der Waals surface area contributed by atoms with E-state index in [0.717, 1.165) is 10.9 Å². The Kier molecular flexibility index (Phi) is 6.09. The quantitative estimate of drug-likeness (QED) is 0.506. The molecule has 1 N–H and O–H groups in total. The molecule has 0 aliphatic rings. The largest absolute Gasteiger partial charge is 0.465 e. The molecule has 0 saturated carbocycles. The Bertz CT molecular complexity index is 1110. The molecule has 0 aliphatic heterocycles. The molecule has 0 fully saturated rings. The first-order chi connectivity index (χ1) is 13.9. The molecule has 3 rings (SSSR count). The fourth-order valence-corrected chi connectivity index (χ4v) is 2.78. The van der Waals surface area contributed by atoms with Crippen LogP contribution < -0.4 is 5.32 Å². The van der Waals surface area contributed by atoms with E-state index < -0.39 is 24.5 Å². The summed E-state index contributed by atoms with van der Waals surface area (Å²) in [6.45, 7) is 1.30. The molecule has 0 aliphatic carbocycles. The summed E-state index contributed by atoms with van der Waals surface area (Å²) >= 11 is 5.85. The third-order valence-corrected chi connectivity index (χ3v) is 4.37. The zero-order valence-electron chi connectivity index (χ0n) is 15.7. The molecule has 3 aromatic rings. The van der Waals surface area contributed by atoms with Gasteiger partial charge in [-0.25, -0.2) is 14.6 Å². The highest BCUT2D eigenvalue weighted by atomic mass is 35.5. The molecule has 0 saturated heterocycles. The Morgan fingerprint density at radius 3 is 2.48 bits per heavy atom. The second kappa shape index (κ2) is 8.70. The van der Waals surface area contributed by atoms with Crippen molar-refractivity contribution in [3.63, 3.8) is 0 Å². The van der Waals surface area contributed by atoms with Crippen LogP contribution in [0.4, 0.5) is 5.69 Å². The van der Waals surface area contributed by atoms with E-state index >= 15 is 0 Å². The van der Waals surface area contributed by atoms with Gasteiger partial charge in [-0.05, 0) is 55.0 Å². The number of aromatic nitrogens is 1. The Balaban J connectivity index is 1.64. The summed E-state index contributed by atoms with van der Waals surface area (Å²) in [5.41, 5.74) is 2.42. The molecular weight excluding hydrogens is 396 g/mol. The number of aryl methyl sites for hydroxylation is 1. The maximum absolute atomic E-state index is 12.3. The Morgan fingerprint density at radius 2 is 1.72 bits per heavy atom. The van der Waals surface area contributed by atoms with Crippen molar-refractivity contribution in [1.29, 1.82) is 0 Å². The van der Waals surface area contributed by atoms with Gasteiger partial charge in [0.1, 0.15) is 5.15 Å². The minimum absolute atomic E-state index is 0.290. The highest BCUT2D eigenvalue weighted by Crippen LogP contribution is 2.19. The summed E-state index contributed by atoms with van der Waals surface area (Å²) in [5.74, 6) is -1.69. The number of nitrogens with one attached hydrogen (secondary N) is 1. The predicted octanol–water partition coefficient (Wildman–Crippen LogP) is 3.78. The summed E-state index contributed by atoms with van der Waals surface area (Å²) in [6, 6.07) is 13.0. The molecule has 0 bridgehead atoms. The van der Waals surface area contributed by atoms with Gasteiger partial charge in [-0.15, -0.1) is 0 Å². The van der Waals surface area contributed by atoms with Crippen LogP contribution in [0.2, 0.25) is 5.15 Å². The van der Waals surface area contributed by atoms with Gasteiger partial charge in [0.2, 0.25) is 0 Å². The van der Waals surface area contributed by atoms with Gasteiger partial charge >= 0.3 is 11.9 Å². The standard InChI is InChI=1S/C21H17ClN2O5/c1-12-3-4-15(20(26)28-2)10-17(12)24-19(25)11-29-21(27)14-5-7-16-13(9-14)6-8-18(22)23-16/h3-10H,11H2,1-2H3,(H,24,25). The first kappa shape index (κ1) is 20.3. The van der Waals surface area contributed by atoms with E-state index in [4.69, 9.17) is 16.3 Å². The van der Waals surface area contributed by atoms with Crippen LogP contribution in [0.5, 0.6) is 0 Å². The number of hydrogen-bond acceptors (Lipinski definition) is 6. The number of anilines is 1. The SMILES string of the molecule is COC(=O)c1ccc(C)c(NC(=O)COC(=O)c2ccc3nc(Cl)ccc3c2)c1. The van der Waals surface area contributed by atoms with Crippen molar-refractivity contribution in [2.75, 3.05) is 19.0 Å². The van der Waals surface area contributed by atoms with Crippen molar-refractivity contribution in [2.45, 2.75) is 6.92 Å². The fraction of sp³-hybridized carbons (Fsp3) is 0.143. The lowest BCUT2D eigenvalue weighted by Gasteiger charge is -2.10. The molecule has 2 aromatic carbocycles. The highest BCUT2D eigenvalue weighted by Gasteiger charge is 2.14. The van der Waals surface area contributed by atoms with Crippen molar-refractivity contribution >= 4 is 46.0 Å². The zero-order valence-corrected chi connectivity index (χ0v) is 16.4. The van der Waals surface area contributed by atoms with Gasteiger partial charge in [-0.2, -0.15) is 0 Å². The highest BCUT2D eigenvalue weighted by molar-refractivity contribution is 6.29. The number of fused-ring (bicyclic) bond motifs is 1. The number of nitrogens with zero attached hydrogens (tertiary/aromatic N) is 1. The van der Waals surface area contributed by atoms with E-state index in [-0.39, 0.29) is 0 Å². The lowest BCUT2D eigenvalue weighted by molar-refractivity contribution is -0.119. The number of carbonyl (C=O) groups excluding carboxylic acids is 3. The van der Waals surface area contributed by atoms with Gasteiger partial charge in [-0.1, -0.05) is 17.7 Å².